The first-order valence-electron chi connectivity index (χ1n) is 9.80. The van der Waals surface area contributed by atoms with Gasteiger partial charge in [0, 0.05) is 19.2 Å². The second kappa shape index (κ2) is 13.0. The molecule has 0 aromatic carbocycles. The lowest BCUT2D eigenvalue weighted by Gasteiger charge is -2.31. The molecule has 0 amide bonds. The van der Waals surface area contributed by atoms with Crippen molar-refractivity contribution >= 4 is 22.6 Å². The predicted molar refractivity (Wildman–Crippen MR) is 111 cm³/mol. The summed E-state index contributed by atoms with van der Waals surface area (Å²) in [4.78, 5) is 11.6. The number of hydrogen-bond acceptors (Lipinski definition) is 6. The summed E-state index contributed by atoms with van der Waals surface area (Å²) in [6, 6.07) is 1.44. The van der Waals surface area contributed by atoms with Gasteiger partial charge in [-0.3, -0.25) is 4.79 Å². The smallest absolute Gasteiger partial charge is 0.307 e. The highest BCUT2D eigenvalue weighted by atomic mass is 28.4. The zero-order chi connectivity index (χ0) is 20.2. The minimum Gasteiger partial charge on any atom is -0.463 e. The van der Waals surface area contributed by atoms with Crippen LogP contribution in [0.25, 0.3) is 0 Å². The molecular formula is C18H41NO5Si2. The molecule has 2 atom stereocenters. The first-order valence-corrected chi connectivity index (χ1v) is 16.3. The van der Waals surface area contributed by atoms with Crippen LogP contribution in [-0.4, -0.2) is 66.2 Å². The van der Waals surface area contributed by atoms with E-state index in [2.05, 4.69) is 51.9 Å². The van der Waals surface area contributed by atoms with E-state index in [0.29, 0.717) is 25.6 Å². The molecule has 156 valence electrons. The highest BCUT2D eigenvalue weighted by Crippen LogP contribution is 2.19. The number of hydrogen-bond donors (Lipinski definition) is 2. The molecule has 2 N–H and O–H groups in total. The first-order chi connectivity index (χ1) is 11.9. The zero-order valence-electron chi connectivity index (χ0n) is 17.9. The van der Waals surface area contributed by atoms with Gasteiger partial charge in [0.05, 0.1) is 13.0 Å². The fourth-order valence-electron chi connectivity index (χ4n) is 2.57. The number of carbonyl (C=O) groups is 1. The lowest BCUT2D eigenvalue weighted by Crippen LogP contribution is -2.42. The van der Waals surface area contributed by atoms with E-state index in [0.717, 1.165) is 18.9 Å². The van der Waals surface area contributed by atoms with Crippen LogP contribution in [0.3, 0.4) is 0 Å². The Morgan fingerprint density at radius 1 is 1.15 bits per heavy atom. The molecule has 0 heterocycles. The van der Waals surface area contributed by atoms with Crippen LogP contribution in [-0.2, 0) is 18.4 Å². The van der Waals surface area contributed by atoms with E-state index in [-0.39, 0.29) is 19.2 Å². The molecule has 0 fully saturated rings. The maximum atomic E-state index is 11.6. The zero-order valence-corrected chi connectivity index (χ0v) is 19.9. The van der Waals surface area contributed by atoms with Gasteiger partial charge in [-0.25, -0.2) is 0 Å². The molecule has 6 nitrogen and oxygen atoms in total. The number of esters is 1. The molecule has 0 aliphatic heterocycles. The van der Waals surface area contributed by atoms with Gasteiger partial charge < -0.3 is 24.0 Å². The average molecular weight is 408 g/mol. The largest absolute Gasteiger partial charge is 0.463 e. The normalized spacial score (nSPS) is 14.9. The van der Waals surface area contributed by atoms with Gasteiger partial charge >= 0.3 is 5.97 Å². The van der Waals surface area contributed by atoms with Crippen molar-refractivity contribution in [2.24, 2.45) is 0 Å². The highest BCUT2D eigenvalue weighted by molar-refractivity contribution is 6.84. The summed E-state index contributed by atoms with van der Waals surface area (Å²) in [5, 5.41) is 13.1. The Morgan fingerprint density at radius 2 is 1.81 bits per heavy atom. The SMILES string of the molecule is CCC(C)NCCC(=O)OCC(O)COCCC[Si](C)(C)O[Si](C)(C)C. The Morgan fingerprint density at radius 3 is 2.38 bits per heavy atom. The average Bonchev–Trinajstić information content (AvgIpc) is 2.49. The van der Waals surface area contributed by atoms with E-state index in [1.807, 2.05) is 0 Å². The second-order valence-electron chi connectivity index (χ2n) is 8.50. The molecule has 0 aromatic heterocycles. The van der Waals surface area contributed by atoms with Gasteiger partial charge in [0.1, 0.15) is 12.7 Å². The molecule has 0 aromatic rings. The number of ether oxygens (including phenoxy) is 2. The van der Waals surface area contributed by atoms with Gasteiger partial charge in [0.25, 0.3) is 0 Å². The molecular weight excluding hydrogens is 366 g/mol. The monoisotopic (exact) mass is 407 g/mol. The maximum absolute atomic E-state index is 11.6. The molecule has 0 saturated carbocycles. The standard InChI is InChI=1S/C18H41NO5Si2/c1-8-16(2)19-11-10-18(21)23-15-17(20)14-22-12-9-13-26(6,7)24-25(3,4)5/h16-17,19-20H,8-15H2,1-7H3. The van der Waals surface area contributed by atoms with Crippen LogP contribution in [0, 0.1) is 0 Å². The van der Waals surface area contributed by atoms with Crippen LogP contribution in [0.2, 0.25) is 38.8 Å². The van der Waals surface area contributed by atoms with Crippen molar-refractivity contribution in [2.75, 3.05) is 26.4 Å². The van der Waals surface area contributed by atoms with E-state index in [1.54, 1.807) is 0 Å². The van der Waals surface area contributed by atoms with Crippen LogP contribution in [0.5, 0.6) is 0 Å². The number of aliphatic hydroxyl groups excluding tert-OH is 1. The highest BCUT2D eigenvalue weighted by Gasteiger charge is 2.28. The van der Waals surface area contributed by atoms with Crippen LogP contribution in [0.1, 0.15) is 33.1 Å². The summed E-state index contributed by atoms with van der Waals surface area (Å²) in [5.74, 6) is -0.295. The third-order valence-corrected chi connectivity index (χ3v) is 10.0. The Bertz CT molecular complexity index is 388. The van der Waals surface area contributed by atoms with Gasteiger partial charge in [-0.05, 0) is 58.5 Å². The van der Waals surface area contributed by atoms with E-state index in [1.165, 1.54) is 0 Å². The molecule has 0 spiro atoms. The van der Waals surface area contributed by atoms with Crippen molar-refractivity contribution < 1.29 is 23.5 Å². The number of carbonyl (C=O) groups excluding carboxylic acids is 1. The molecule has 8 heteroatoms. The first kappa shape index (κ1) is 25.7. The Kier molecular flexibility index (Phi) is 12.9. The molecule has 0 aliphatic carbocycles. The quantitative estimate of drug-likeness (QED) is 0.247. The maximum Gasteiger partial charge on any atom is 0.307 e. The van der Waals surface area contributed by atoms with Crippen molar-refractivity contribution in [3.8, 4) is 0 Å². The van der Waals surface area contributed by atoms with E-state index in [4.69, 9.17) is 13.6 Å². The number of aliphatic hydroxyl groups is 1. The van der Waals surface area contributed by atoms with Crippen molar-refractivity contribution in [3.63, 3.8) is 0 Å². The van der Waals surface area contributed by atoms with Crippen LogP contribution >= 0.6 is 0 Å². The van der Waals surface area contributed by atoms with E-state index >= 15 is 0 Å². The summed E-state index contributed by atoms with van der Waals surface area (Å²) in [6.45, 7) is 16.7. The number of nitrogens with one attached hydrogen (secondary N) is 1. The topological polar surface area (TPSA) is 77.0 Å². The summed E-state index contributed by atoms with van der Waals surface area (Å²) in [6.07, 6.45) is 1.49. The minimum atomic E-state index is -1.63. The van der Waals surface area contributed by atoms with E-state index in [9.17, 15) is 9.90 Å². The third-order valence-electron chi connectivity index (χ3n) is 3.83. The van der Waals surface area contributed by atoms with Crippen LogP contribution < -0.4 is 5.32 Å². The van der Waals surface area contributed by atoms with Crippen LogP contribution in [0.4, 0.5) is 0 Å². The van der Waals surface area contributed by atoms with Gasteiger partial charge in [0.2, 0.25) is 0 Å². The molecule has 0 bridgehead atoms. The van der Waals surface area contributed by atoms with Gasteiger partial charge in [-0.15, -0.1) is 0 Å². The lowest BCUT2D eigenvalue weighted by atomic mass is 10.2. The van der Waals surface area contributed by atoms with Crippen molar-refractivity contribution in [1.29, 1.82) is 0 Å². The van der Waals surface area contributed by atoms with E-state index < -0.39 is 22.7 Å². The molecule has 2 unspecified atom stereocenters. The molecule has 0 rings (SSSR count). The van der Waals surface area contributed by atoms with Gasteiger partial charge in [0.15, 0.2) is 16.6 Å². The van der Waals surface area contributed by atoms with Gasteiger partial charge in [-0.1, -0.05) is 6.92 Å². The summed E-state index contributed by atoms with van der Waals surface area (Å²) in [5.41, 5.74) is 0. The summed E-state index contributed by atoms with van der Waals surface area (Å²) >= 11 is 0. The third kappa shape index (κ3) is 16.0. The van der Waals surface area contributed by atoms with Gasteiger partial charge in [-0.2, -0.15) is 0 Å². The van der Waals surface area contributed by atoms with Crippen molar-refractivity contribution in [1.82, 2.24) is 5.32 Å². The summed E-state index contributed by atoms with van der Waals surface area (Å²) in [7, 11) is -3.12. The molecule has 0 saturated heterocycles. The Hall–Kier alpha value is -0.256. The second-order valence-corrected chi connectivity index (χ2v) is 17.6. The summed E-state index contributed by atoms with van der Waals surface area (Å²) < 4.78 is 16.9. The van der Waals surface area contributed by atoms with Crippen molar-refractivity contribution in [2.45, 2.75) is 84.0 Å². The fraction of sp³-hybridized carbons (Fsp3) is 0.944. The lowest BCUT2D eigenvalue weighted by molar-refractivity contribution is -0.147. The predicted octanol–water partition coefficient (Wildman–Crippen LogP) is 3.13. The molecule has 0 aliphatic rings. The minimum absolute atomic E-state index is 0.0128. The fourth-order valence-corrected chi connectivity index (χ4v) is 10.6. The van der Waals surface area contributed by atoms with Crippen molar-refractivity contribution in [3.05, 3.63) is 0 Å². The Balaban J connectivity index is 3.71. The number of rotatable bonds is 15. The van der Waals surface area contributed by atoms with Crippen LogP contribution in [0.15, 0.2) is 0 Å². The Labute approximate surface area is 162 Å². The molecule has 0 radical (unpaired) electrons. The molecule has 26 heavy (non-hydrogen) atoms.